The lowest BCUT2D eigenvalue weighted by Crippen LogP contribution is -2.23. The molecular weight excluding hydrogens is 354 g/mol. The van der Waals surface area contributed by atoms with Crippen LogP contribution in [0.5, 0.6) is 17.2 Å². The first-order chi connectivity index (χ1) is 13.6. The fourth-order valence-corrected chi connectivity index (χ4v) is 2.99. The Labute approximate surface area is 164 Å². The predicted molar refractivity (Wildman–Crippen MR) is 112 cm³/mol. The van der Waals surface area contributed by atoms with Gasteiger partial charge in [0, 0.05) is 18.8 Å². The second kappa shape index (κ2) is 8.48. The minimum Gasteiger partial charge on any atom is -0.493 e. The Morgan fingerprint density at radius 2 is 1.50 bits per heavy atom. The van der Waals surface area contributed by atoms with Gasteiger partial charge in [0.15, 0.2) is 11.5 Å². The van der Waals surface area contributed by atoms with E-state index in [4.69, 9.17) is 14.2 Å². The molecule has 0 unspecified atom stereocenters. The van der Waals surface area contributed by atoms with E-state index in [1.165, 1.54) is 6.08 Å². The van der Waals surface area contributed by atoms with Crippen molar-refractivity contribution >= 4 is 28.4 Å². The summed E-state index contributed by atoms with van der Waals surface area (Å²) in [6, 6.07) is 17.6. The molecular formula is C23H23NO4. The van der Waals surface area contributed by atoms with E-state index in [9.17, 15) is 4.79 Å². The zero-order valence-electron chi connectivity index (χ0n) is 16.4. The van der Waals surface area contributed by atoms with Gasteiger partial charge in [0.2, 0.25) is 5.75 Å². The molecule has 0 saturated carbocycles. The summed E-state index contributed by atoms with van der Waals surface area (Å²) in [5.41, 5.74) is 1.60. The Balaban J connectivity index is 1.84. The number of likely N-dealkylation sites (N-methyl/N-ethyl adjacent to an activating group) is 1. The second-order valence-electron chi connectivity index (χ2n) is 6.22. The van der Waals surface area contributed by atoms with Crippen LogP contribution in [0, 0.1) is 0 Å². The highest BCUT2D eigenvalue weighted by molar-refractivity contribution is 6.04. The van der Waals surface area contributed by atoms with Gasteiger partial charge in [-0.05, 0) is 46.7 Å². The lowest BCUT2D eigenvalue weighted by molar-refractivity contribution is -0.113. The topological polar surface area (TPSA) is 48.0 Å². The highest BCUT2D eigenvalue weighted by Crippen LogP contribution is 2.38. The quantitative estimate of drug-likeness (QED) is 0.592. The third-order valence-corrected chi connectivity index (χ3v) is 4.56. The zero-order chi connectivity index (χ0) is 20.1. The first-order valence-electron chi connectivity index (χ1n) is 8.82. The van der Waals surface area contributed by atoms with E-state index in [0.717, 1.165) is 22.0 Å². The molecule has 3 aromatic rings. The summed E-state index contributed by atoms with van der Waals surface area (Å²) < 4.78 is 16.0. The van der Waals surface area contributed by atoms with E-state index in [1.54, 1.807) is 51.5 Å². The third-order valence-electron chi connectivity index (χ3n) is 4.56. The van der Waals surface area contributed by atoms with E-state index >= 15 is 0 Å². The maximum Gasteiger partial charge on any atom is 0.250 e. The van der Waals surface area contributed by atoms with Crippen molar-refractivity contribution < 1.29 is 19.0 Å². The number of fused-ring (bicyclic) bond motifs is 1. The average Bonchev–Trinajstić information content (AvgIpc) is 2.75. The Bertz CT molecular complexity index is 1000. The van der Waals surface area contributed by atoms with Crippen LogP contribution in [-0.2, 0) is 4.79 Å². The molecule has 0 radical (unpaired) electrons. The van der Waals surface area contributed by atoms with Crippen molar-refractivity contribution in [2.75, 3.05) is 33.3 Å². The number of rotatable bonds is 6. The molecule has 0 bridgehead atoms. The first-order valence-corrected chi connectivity index (χ1v) is 8.82. The minimum absolute atomic E-state index is 0.135. The van der Waals surface area contributed by atoms with Crippen molar-refractivity contribution in [1.29, 1.82) is 0 Å². The molecule has 0 spiro atoms. The molecule has 0 aromatic heterocycles. The van der Waals surface area contributed by atoms with E-state index in [1.807, 2.05) is 42.5 Å². The highest BCUT2D eigenvalue weighted by atomic mass is 16.5. The van der Waals surface area contributed by atoms with Gasteiger partial charge in [-0.25, -0.2) is 0 Å². The molecule has 0 aliphatic rings. The van der Waals surface area contributed by atoms with Crippen LogP contribution in [0.3, 0.4) is 0 Å². The number of carbonyl (C=O) groups excluding carboxylic acids is 1. The lowest BCUT2D eigenvalue weighted by Gasteiger charge is -2.16. The summed E-state index contributed by atoms with van der Waals surface area (Å²) in [5, 5.41) is 2.23. The van der Waals surface area contributed by atoms with Crippen LogP contribution in [0.25, 0.3) is 16.8 Å². The summed E-state index contributed by atoms with van der Waals surface area (Å²) in [4.78, 5) is 14.2. The molecule has 28 heavy (non-hydrogen) atoms. The van der Waals surface area contributed by atoms with Gasteiger partial charge in [-0.3, -0.25) is 4.79 Å². The number of methoxy groups -OCH3 is 3. The summed E-state index contributed by atoms with van der Waals surface area (Å²) in [5.74, 6) is 1.46. The molecule has 0 heterocycles. The van der Waals surface area contributed by atoms with Crippen LogP contribution in [-0.4, -0.2) is 34.3 Å². The fraction of sp³-hybridized carbons (Fsp3) is 0.174. The standard InChI is InChI=1S/C23H23NO4/c1-24(19-11-10-17-7-5-6-8-18(17)15-19)22(25)12-9-16-13-20(26-2)23(28-4)21(14-16)27-3/h5-15H,1-4H3/b12-9+. The van der Waals surface area contributed by atoms with Crippen molar-refractivity contribution in [2.24, 2.45) is 0 Å². The predicted octanol–water partition coefficient (Wildman–Crippen LogP) is 4.54. The average molecular weight is 377 g/mol. The van der Waals surface area contributed by atoms with E-state index in [-0.39, 0.29) is 5.91 Å². The van der Waals surface area contributed by atoms with Gasteiger partial charge in [0.1, 0.15) is 0 Å². The molecule has 0 fully saturated rings. The highest BCUT2D eigenvalue weighted by Gasteiger charge is 2.13. The smallest absolute Gasteiger partial charge is 0.250 e. The summed E-state index contributed by atoms with van der Waals surface area (Å²) in [6.45, 7) is 0. The first kappa shape index (κ1) is 19.3. The molecule has 0 aliphatic carbocycles. The van der Waals surface area contributed by atoms with Crippen molar-refractivity contribution in [3.05, 3.63) is 66.2 Å². The van der Waals surface area contributed by atoms with Gasteiger partial charge < -0.3 is 19.1 Å². The van der Waals surface area contributed by atoms with Crippen LogP contribution in [0.1, 0.15) is 5.56 Å². The van der Waals surface area contributed by atoms with Crippen LogP contribution in [0.2, 0.25) is 0 Å². The maximum absolute atomic E-state index is 12.6. The van der Waals surface area contributed by atoms with Crippen molar-refractivity contribution in [1.82, 2.24) is 0 Å². The number of carbonyl (C=O) groups is 1. The molecule has 1 amide bonds. The SMILES string of the molecule is COc1cc(/C=C/C(=O)N(C)c2ccc3ccccc3c2)cc(OC)c1OC. The Morgan fingerprint density at radius 3 is 2.11 bits per heavy atom. The number of nitrogens with zero attached hydrogens (tertiary/aromatic N) is 1. The van der Waals surface area contributed by atoms with E-state index in [0.29, 0.717) is 17.2 Å². The molecule has 3 rings (SSSR count). The van der Waals surface area contributed by atoms with Crippen molar-refractivity contribution in [3.63, 3.8) is 0 Å². The summed E-state index contributed by atoms with van der Waals surface area (Å²) in [6.07, 6.45) is 3.25. The molecule has 0 saturated heterocycles. The van der Waals surface area contributed by atoms with Crippen molar-refractivity contribution in [3.8, 4) is 17.2 Å². The van der Waals surface area contributed by atoms with Gasteiger partial charge in [-0.15, -0.1) is 0 Å². The van der Waals surface area contributed by atoms with Crippen LogP contribution in [0.15, 0.2) is 60.7 Å². The Kier molecular flexibility index (Phi) is 5.84. The number of hydrogen-bond donors (Lipinski definition) is 0. The van der Waals surface area contributed by atoms with Gasteiger partial charge >= 0.3 is 0 Å². The van der Waals surface area contributed by atoms with Gasteiger partial charge in [0.25, 0.3) is 5.91 Å². The van der Waals surface area contributed by atoms with Crippen LogP contribution < -0.4 is 19.1 Å². The van der Waals surface area contributed by atoms with Gasteiger partial charge in [0.05, 0.1) is 21.3 Å². The monoisotopic (exact) mass is 377 g/mol. The van der Waals surface area contributed by atoms with Gasteiger partial charge in [-0.1, -0.05) is 30.3 Å². The molecule has 0 aliphatic heterocycles. The molecule has 5 nitrogen and oxygen atoms in total. The molecule has 3 aromatic carbocycles. The number of anilines is 1. The van der Waals surface area contributed by atoms with Crippen molar-refractivity contribution in [2.45, 2.75) is 0 Å². The normalized spacial score (nSPS) is 10.9. The number of amides is 1. The summed E-state index contributed by atoms with van der Waals surface area (Å²) >= 11 is 0. The Morgan fingerprint density at radius 1 is 0.857 bits per heavy atom. The fourth-order valence-electron chi connectivity index (χ4n) is 2.99. The van der Waals surface area contributed by atoms with E-state index in [2.05, 4.69) is 0 Å². The van der Waals surface area contributed by atoms with E-state index < -0.39 is 0 Å². The number of hydrogen-bond acceptors (Lipinski definition) is 4. The lowest BCUT2D eigenvalue weighted by atomic mass is 10.1. The number of ether oxygens (including phenoxy) is 3. The minimum atomic E-state index is -0.135. The molecule has 0 N–H and O–H groups in total. The van der Waals surface area contributed by atoms with Gasteiger partial charge in [-0.2, -0.15) is 0 Å². The molecule has 0 atom stereocenters. The molecule has 5 heteroatoms. The zero-order valence-corrected chi connectivity index (χ0v) is 16.4. The second-order valence-corrected chi connectivity index (χ2v) is 6.22. The summed E-state index contributed by atoms with van der Waals surface area (Å²) in [7, 11) is 6.43. The Hall–Kier alpha value is -3.47. The maximum atomic E-state index is 12.6. The third kappa shape index (κ3) is 3.93. The van der Waals surface area contributed by atoms with Crippen LogP contribution in [0.4, 0.5) is 5.69 Å². The molecule has 144 valence electrons. The largest absolute Gasteiger partial charge is 0.493 e. The number of benzene rings is 3. The van der Waals surface area contributed by atoms with Crippen LogP contribution >= 0.6 is 0 Å².